The van der Waals surface area contributed by atoms with Crippen molar-refractivity contribution in [3.63, 3.8) is 0 Å². The van der Waals surface area contributed by atoms with Gasteiger partial charge in [0.15, 0.2) is 0 Å². The predicted octanol–water partition coefficient (Wildman–Crippen LogP) is 3.90. The van der Waals surface area contributed by atoms with Crippen LogP contribution in [0, 0.1) is 5.92 Å². The predicted molar refractivity (Wildman–Crippen MR) is 143 cm³/mol. The van der Waals surface area contributed by atoms with Gasteiger partial charge in [0.05, 0.1) is 19.1 Å². The van der Waals surface area contributed by atoms with E-state index in [0.29, 0.717) is 32.8 Å². The summed E-state index contributed by atoms with van der Waals surface area (Å²) in [4.78, 5) is 43.6. The minimum atomic E-state index is -0.897. The molecule has 1 aromatic carbocycles. The van der Waals surface area contributed by atoms with E-state index in [1.165, 1.54) is 6.92 Å². The quantitative estimate of drug-likeness (QED) is 0.430. The molecule has 2 amide bonds. The second kappa shape index (κ2) is 13.6. The highest BCUT2D eigenvalue weighted by Gasteiger charge is 2.46. The molecule has 1 aromatic rings. The number of fused-ring (bicyclic) bond motifs is 1. The Morgan fingerprint density at radius 1 is 1.14 bits per heavy atom. The van der Waals surface area contributed by atoms with Crippen LogP contribution in [-0.4, -0.2) is 83.0 Å². The molecule has 0 unspecified atom stereocenters. The lowest BCUT2D eigenvalue weighted by molar-refractivity contribution is -0.143. The van der Waals surface area contributed by atoms with E-state index in [-0.39, 0.29) is 24.3 Å². The molecule has 2 heterocycles. The van der Waals surface area contributed by atoms with Gasteiger partial charge >= 0.3 is 5.97 Å². The number of benzene rings is 1. The fourth-order valence-corrected chi connectivity index (χ4v) is 5.39. The zero-order valence-electron chi connectivity index (χ0n) is 22.8. The Labute approximate surface area is 221 Å². The van der Waals surface area contributed by atoms with Gasteiger partial charge in [0, 0.05) is 57.7 Å². The SMILES string of the molecule is CCCCN(CCCC)C(=O)CN1C[C@H](c2ccc3c(c2)CCO3)[C@@H](C(=O)O)[C@@H]1/C=C/N(CC)C(C)=O. The highest BCUT2D eigenvalue weighted by molar-refractivity contribution is 5.79. The summed E-state index contributed by atoms with van der Waals surface area (Å²) in [5, 5.41) is 10.4. The first kappa shape index (κ1) is 28.7. The van der Waals surface area contributed by atoms with E-state index < -0.39 is 17.9 Å². The van der Waals surface area contributed by atoms with Gasteiger partial charge in [-0.2, -0.15) is 0 Å². The Balaban J connectivity index is 1.92. The zero-order chi connectivity index (χ0) is 26.9. The van der Waals surface area contributed by atoms with E-state index >= 15 is 0 Å². The monoisotopic (exact) mass is 513 g/mol. The molecule has 0 bridgehead atoms. The molecule has 0 radical (unpaired) electrons. The molecule has 2 aliphatic heterocycles. The molecule has 0 aliphatic carbocycles. The smallest absolute Gasteiger partial charge is 0.309 e. The van der Waals surface area contributed by atoms with Crippen molar-refractivity contribution in [1.29, 1.82) is 0 Å². The van der Waals surface area contributed by atoms with Crippen LogP contribution in [0.4, 0.5) is 0 Å². The van der Waals surface area contributed by atoms with Gasteiger partial charge in [-0.15, -0.1) is 0 Å². The standard InChI is InChI=1S/C29H43N3O5/c1-5-8-14-31(15-9-6-2)27(34)20-32-19-24(22-10-11-26-23(18-22)13-17-37-26)28(29(35)36)25(32)12-16-30(7-3)21(4)33/h10-12,16,18,24-25,28H,5-9,13-15,17,19-20H2,1-4H3,(H,35,36)/b16-12+/t24-,25+,28-/m1/s1. The lowest BCUT2D eigenvalue weighted by Gasteiger charge is -2.28. The first-order valence-corrected chi connectivity index (χ1v) is 13.8. The van der Waals surface area contributed by atoms with Crippen molar-refractivity contribution < 1.29 is 24.2 Å². The Morgan fingerprint density at radius 2 is 1.84 bits per heavy atom. The number of carboxylic acid groups (broad SMARTS) is 1. The number of amides is 2. The lowest BCUT2D eigenvalue weighted by Crippen LogP contribution is -2.44. The van der Waals surface area contributed by atoms with Gasteiger partial charge in [-0.25, -0.2) is 0 Å². The fourth-order valence-electron chi connectivity index (χ4n) is 5.39. The maximum atomic E-state index is 13.5. The van der Waals surface area contributed by atoms with Crippen molar-refractivity contribution in [1.82, 2.24) is 14.7 Å². The second-order valence-corrected chi connectivity index (χ2v) is 10.1. The normalized spacial score (nSPS) is 21.1. The van der Waals surface area contributed by atoms with Crippen LogP contribution in [0.1, 0.15) is 70.4 Å². The van der Waals surface area contributed by atoms with E-state index in [2.05, 4.69) is 19.9 Å². The van der Waals surface area contributed by atoms with Crippen molar-refractivity contribution in [2.75, 3.05) is 39.3 Å². The maximum absolute atomic E-state index is 13.5. The fraction of sp³-hybridized carbons (Fsp3) is 0.621. The number of aliphatic carboxylic acids is 1. The van der Waals surface area contributed by atoms with Gasteiger partial charge in [0.25, 0.3) is 0 Å². The van der Waals surface area contributed by atoms with Gasteiger partial charge in [0.1, 0.15) is 5.75 Å². The van der Waals surface area contributed by atoms with Gasteiger partial charge in [-0.1, -0.05) is 44.9 Å². The number of hydrogen-bond acceptors (Lipinski definition) is 5. The first-order valence-electron chi connectivity index (χ1n) is 13.8. The number of carboxylic acids is 1. The van der Waals surface area contributed by atoms with Crippen molar-refractivity contribution in [2.24, 2.45) is 5.92 Å². The van der Waals surface area contributed by atoms with Crippen LogP contribution in [0.15, 0.2) is 30.5 Å². The molecule has 8 nitrogen and oxygen atoms in total. The third-order valence-corrected chi connectivity index (χ3v) is 7.54. The van der Waals surface area contributed by atoms with Crippen molar-refractivity contribution >= 4 is 17.8 Å². The Morgan fingerprint density at radius 3 is 2.43 bits per heavy atom. The molecule has 3 atom stereocenters. The second-order valence-electron chi connectivity index (χ2n) is 10.1. The number of ether oxygens (including phenoxy) is 1. The lowest BCUT2D eigenvalue weighted by atomic mass is 9.84. The van der Waals surface area contributed by atoms with Crippen molar-refractivity contribution in [2.45, 2.75) is 71.8 Å². The summed E-state index contributed by atoms with van der Waals surface area (Å²) < 4.78 is 5.65. The molecule has 37 heavy (non-hydrogen) atoms. The largest absolute Gasteiger partial charge is 0.493 e. The molecule has 2 aliphatic rings. The van der Waals surface area contributed by atoms with Crippen molar-refractivity contribution in [3.8, 4) is 5.75 Å². The van der Waals surface area contributed by atoms with E-state index in [4.69, 9.17) is 4.74 Å². The van der Waals surface area contributed by atoms with Crippen molar-refractivity contribution in [3.05, 3.63) is 41.6 Å². The summed E-state index contributed by atoms with van der Waals surface area (Å²) in [6, 6.07) is 5.45. The molecule has 0 saturated carbocycles. The first-order chi connectivity index (χ1) is 17.8. The Kier molecular flexibility index (Phi) is 10.6. The summed E-state index contributed by atoms with van der Waals surface area (Å²) in [6.07, 6.45) is 8.21. The van der Waals surface area contributed by atoms with E-state index in [1.54, 1.807) is 17.2 Å². The summed E-state index contributed by atoms with van der Waals surface area (Å²) >= 11 is 0. The van der Waals surface area contributed by atoms with Crippen LogP contribution in [0.2, 0.25) is 0 Å². The number of hydrogen-bond donors (Lipinski definition) is 1. The number of rotatable bonds is 13. The molecular formula is C29H43N3O5. The van der Waals surface area contributed by atoms with Gasteiger partial charge in [-0.3, -0.25) is 19.3 Å². The summed E-state index contributed by atoms with van der Waals surface area (Å²) in [7, 11) is 0. The highest BCUT2D eigenvalue weighted by Crippen LogP contribution is 2.40. The highest BCUT2D eigenvalue weighted by atomic mass is 16.5. The average Bonchev–Trinajstić information content (AvgIpc) is 3.48. The number of unbranched alkanes of at least 4 members (excludes halogenated alkanes) is 2. The van der Waals surface area contributed by atoms with Crippen LogP contribution in [0.3, 0.4) is 0 Å². The Bertz CT molecular complexity index is 970. The van der Waals surface area contributed by atoms with E-state index in [0.717, 1.165) is 49.0 Å². The average molecular weight is 514 g/mol. The maximum Gasteiger partial charge on any atom is 0.309 e. The topological polar surface area (TPSA) is 90.4 Å². The van der Waals surface area contributed by atoms with Crippen LogP contribution in [0.5, 0.6) is 5.75 Å². The molecule has 0 spiro atoms. The van der Waals surface area contributed by atoms with Gasteiger partial charge < -0.3 is 19.6 Å². The molecule has 1 fully saturated rings. The summed E-state index contributed by atoms with van der Waals surface area (Å²) in [5.74, 6) is -1.13. The Hall–Kier alpha value is -2.87. The van der Waals surface area contributed by atoms with Crippen LogP contribution < -0.4 is 4.74 Å². The van der Waals surface area contributed by atoms with E-state index in [9.17, 15) is 19.5 Å². The van der Waals surface area contributed by atoms with E-state index in [1.807, 2.05) is 28.9 Å². The van der Waals surface area contributed by atoms with Gasteiger partial charge in [0.2, 0.25) is 11.8 Å². The van der Waals surface area contributed by atoms with Gasteiger partial charge in [-0.05, 0) is 37.0 Å². The molecule has 3 rings (SSSR count). The third-order valence-electron chi connectivity index (χ3n) is 7.54. The van der Waals surface area contributed by atoms with Crippen LogP contribution >= 0.6 is 0 Å². The molecule has 1 N–H and O–H groups in total. The molecule has 0 aromatic heterocycles. The molecular weight excluding hydrogens is 470 g/mol. The number of nitrogens with zero attached hydrogens (tertiary/aromatic N) is 3. The van der Waals surface area contributed by atoms with Crippen LogP contribution in [-0.2, 0) is 20.8 Å². The summed E-state index contributed by atoms with van der Waals surface area (Å²) in [5.41, 5.74) is 2.06. The van der Waals surface area contributed by atoms with Crippen LogP contribution in [0.25, 0.3) is 0 Å². The molecule has 1 saturated heterocycles. The third kappa shape index (κ3) is 7.12. The number of likely N-dealkylation sites (tertiary alicyclic amines) is 1. The molecule has 204 valence electrons. The molecule has 8 heteroatoms. The number of carbonyl (C=O) groups is 3. The number of carbonyl (C=O) groups excluding carboxylic acids is 2. The zero-order valence-corrected chi connectivity index (χ0v) is 22.8. The minimum absolute atomic E-state index is 0.0337. The summed E-state index contributed by atoms with van der Waals surface area (Å²) in [6.45, 7) is 10.8. The minimum Gasteiger partial charge on any atom is -0.493 e.